The van der Waals surface area contributed by atoms with E-state index in [-0.39, 0.29) is 30.6 Å². The molecule has 0 bridgehead atoms. The highest BCUT2D eigenvalue weighted by molar-refractivity contribution is 6.30. The molecular weight excluding hydrogens is 392 g/mol. The second-order valence-electron chi connectivity index (χ2n) is 6.63. The first-order valence-electron chi connectivity index (χ1n) is 9.14. The summed E-state index contributed by atoms with van der Waals surface area (Å²) in [5.74, 6) is -0.618. The summed E-state index contributed by atoms with van der Waals surface area (Å²) in [6.45, 7) is 3.32. The molecule has 1 heterocycles. The SMILES string of the molecule is CCC(=O)N(C)c1nc2ccccc2n(CC(=O)Nc2ccc(Cl)cc2C)c1=O. The first-order chi connectivity index (χ1) is 13.8. The van der Waals surface area contributed by atoms with Crippen LogP contribution in [0.15, 0.2) is 47.3 Å². The Labute approximate surface area is 172 Å². The lowest BCUT2D eigenvalue weighted by Crippen LogP contribution is -2.36. The van der Waals surface area contributed by atoms with E-state index in [4.69, 9.17) is 11.6 Å². The average Bonchev–Trinajstić information content (AvgIpc) is 2.70. The van der Waals surface area contributed by atoms with E-state index in [0.29, 0.717) is 21.7 Å². The van der Waals surface area contributed by atoms with Gasteiger partial charge in [-0.25, -0.2) is 4.98 Å². The first-order valence-corrected chi connectivity index (χ1v) is 9.51. The quantitative estimate of drug-likeness (QED) is 0.696. The van der Waals surface area contributed by atoms with Crippen molar-refractivity contribution in [3.05, 3.63) is 63.4 Å². The highest BCUT2D eigenvalue weighted by Crippen LogP contribution is 2.20. The topological polar surface area (TPSA) is 84.3 Å². The van der Waals surface area contributed by atoms with Crippen LogP contribution in [0.5, 0.6) is 0 Å². The summed E-state index contributed by atoms with van der Waals surface area (Å²) in [4.78, 5) is 43.4. The van der Waals surface area contributed by atoms with Crippen molar-refractivity contribution in [3.63, 3.8) is 0 Å². The van der Waals surface area contributed by atoms with E-state index in [9.17, 15) is 14.4 Å². The number of benzene rings is 2. The van der Waals surface area contributed by atoms with Crippen LogP contribution in [0, 0.1) is 6.92 Å². The molecule has 1 aromatic heterocycles. The summed E-state index contributed by atoms with van der Waals surface area (Å²) in [7, 11) is 1.51. The maximum Gasteiger partial charge on any atom is 0.294 e. The minimum absolute atomic E-state index is 0.00831. The van der Waals surface area contributed by atoms with Gasteiger partial charge in [-0.2, -0.15) is 0 Å². The van der Waals surface area contributed by atoms with Crippen LogP contribution in [0.2, 0.25) is 5.02 Å². The number of halogens is 1. The molecule has 0 aliphatic carbocycles. The van der Waals surface area contributed by atoms with E-state index < -0.39 is 5.56 Å². The molecule has 0 saturated carbocycles. The predicted octanol–water partition coefficient (Wildman–Crippen LogP) is 3.37. The molecule has 0 atom stereocenters. The monoisotopic (exact) mass is 412 g/mol. The molecule has 150 valence electrons. The molecule has 0 aliphatic rings. The number of carbonyl (C=O) groups excluding carboxylic acids is 2. The van der Waals surface area contributed by atoms with Gasteiger partial charge in [0.05, 0.1) is 11.0 Å². The Morgan fingerprint density at radius 1 is 1.21 bits per heavy atom. The van der Waals surface area contributed by atoms with Gasteiger partial charge >= 0.3 is 0 Å². The smallest absolute Gasteiger partial charge is 0.294 e. The predicted molar refractivity (Wildman–Crippen MR) is 115 cm³/mol. The molecule has 0 radical (unpaired) electrons. The summed E-state index contributed by atoms with van der Waals surface area (Å²) in [6, 6.07) is 12.1. The molecule has 1 N–H and O–H groups in total. The minimum atomic E-state index is -0.504. The van der Waals surface area contributed by atoms with Gasteiger partial charge in [0.25, 0.3) is 5.56 Å². The fraction of sp³-hybridized carbons (Fsp3) is 0.238. The molecule has 0 spiro atoms. The molecule has 0 unspecified atom stereocenters. The number of carbonyl (C=O) groups is 2. The zero-order valence-electron chi connectivity index (χ0n) is 16.4. The van der Waals surface area contributed by atoms with Gasteiger partial charge in [-0.15, -0.1) is 0 Å². The van der Waals surface area contributed by atoms with Gasteiger partial charge in [-0.3, -0.25) is 23.9 Å². The lowest BCUT2D eigenvalue weighted by molar-refractivity contribution is -0.118. The Morgan fingerprint density at radius 3 is 2.62 bits per heavy atom. The summed E-state index contributed by atoms with van der Waals surface area (Å²) >= 11 is 5.96. The van der Waals surface area contributed by atoms with Crippen molar-refractivity contribution in [2.45, 2.75) is 26.8 Å². The molecule has 2 aromatic carbocycles. The number of para-hydroxylation sites is 2. The van der Waals surface area contributed by atoms with Crippen molar-refractivity contribution in [1.29, 1.82) is 0 Å². The number of hydrogen-bond donors (Lipinski definition) is 1. The van der Waals surface area contributed by atoms with Crippen molar-refractivity contribution >= 4 is 46.0 Å². The van der Waals surface area contributed by atoms with Crippen LogP contribution in [0.25, 0.3) is 11.0 Å². The number of aryl methyl sites for hydroxylation is 1. The number of rotatable bonds is 5. The van der Waals surface area contributed by atoms with Crippen LogP contribution in [0.1, 0.15) is 18.9 Å². The largest absolute Gasteiger partial charge is 0.324 e. The van der Waals surface area contributed by atoms with Crippen LogP contribution in [0.3, 0.4) is 0 Å². The van der Waals surface area contributed by atoms with Crippen LogP contribution in [-0.4, -0.2) is 28.4 Å². The molecular formula is C21H21ClN4O3. The zero-order chi connectivity index (χ0) is 21.1. The molecule has 29 heavy (non-hydrogen) atoms. The van der Waals surface area contributed by atoms with Crippen LogP contribution < -0.4 is 15.8 Å². The molecule has 3 rings (SSSR count). The molecule has 2 amide bonds. The molecule has 0 fully saturated rings. The number of nitrogens with one attached hydrogen (secondary N) is 1. The third kappa shape index (κ3) is 4.30. The summed E-state index contributed by atoms with van der Waals surface area (Å²) in [6.07, 6.45) is 0.237. The second kappa shape index (κ2) is 8.45. The highest BCUT2D eigenvalue weighted by Gasteiger charge is 2.19. The third-order valence-electron chi connectivity index (χ3n) is 4.59. The number of fused-ring (bicyclic) bond motifs is 1. The zero-order valence-corrected chi connectivity index (χ0v) is 17.2. The Kier molecular flexibility index (Phi) is 5.98. The normalized spacial score (nSPS) is 10.8. The van der Waals surface area contributed by atoms with Gasteiger partial charge in [0.15, 0.2) is 0 Å². The maximum atomic E-state index is 13.1. The molecule has 3 aromatic rings. The number of anilines is 2. The molecule has 0 aliphatic heterocycles. The summed E-state index contributed by atoms with van der Waals surface area (Å²) in [5.41, 5.74) is 1.96. The van der Waals surface area contributed by atoms with Gasteiger partial charge in [0, 0.05) is 24.2 Å². The second-order valence-corrected chi connectivity index (χ2v) is 7.07. The summed E-state index contributed by atoms with van der Waals surface area (Å²) in [5, 5.41) is 3.38. The van der Waals surface area contributed by atoms with E-state index in [0.717, 1.165) is 5.56 Å². The maximum absolute atomic E-state index is 13.1. The van der Waals surface area contributed by atoms with E-state index >= 15 is 0 Å². The highest BCUT2D eigenvalue weighted by atomic mass is 35.5. The Hall–Kier alpha value is -3.19. The lowest BCUT2D eigenvalue weighted by atomic mass is 10.2. The van der Waals surface area contributed by atoms with Crippen molar-refractivity contribution in [3.8, 4) is 0 Å². The fourth-order valence-electron chi connectivity index (χ4n) is 3.01. The average molecular weight is 413 g/mol. The van der Waals surface area contributed by atoms with Crippen molar-refractivity contribution < 1.29 is 9.59 Å². The molecule has 7 nitrogen and oxygen atoms in total. The fourth-order valence-corrected chi connectivity index (χ4v) is 3.24. The van der Waals surface area contributed by atoms with E-state index in [1.807, 2.05) is 6.92 Å². The van der Waals surface area contributed by atoms with Crippen LogP contribution in [0.4, 0.5) is 11.5 Å². The summed E-state index contributed by atoms with van der Waals surface area (Å²) < 4.78 is 1.33. The van der Waals surface area contributed by atoms with Crippen molar-refractivity contribution in [1.82, 2.24) is 9.55 Å². The molecule has 0 saturated heterocycles. The van der Waals surface area contributed by atoms with Gasteiger partial charge < -0.3 is 5.32 Å². The van der Waals surface area contributed by atoms with Crippen LogP contribution in [-0.2, 0) is 16.1 Å². The van der Waals surface area contributed by atoms with E-state index in [2.05, 4.69) is 10.3 Å². The van der Waals surface area contributed by atoms with Gasteiger partial charge in [0.2, 0.25) is 17.6 Å². The van der Waals surface area contributed by atoms with Gasteiger partial charge in [-0.1, -0.05) is 30.7 Å². The van der Waals surface area contributed by atoms with Crippen LogP contribution >= 0.6 is 11.6 Å². The van der Waals surface area contributed by atoms with E-state index in [1.165, 1.54) is 16.5 Å². The van der Waals surface area contributed by atoms with Crippen molar-refractivity contribution in [2.75, 3.05) is 17.3 Å². The Bertz CT molecular complexity index is 1160. The molecule has 8 heteroatoms. The minimum Gasteiger partial charge on any atom is -0.324 e. The third-order valence-corrected chi connectivity index (χ3v) is 4.83. The number of aromatic nitrogens is 2. The van der Waals surface area contributed by atoms with Crippen molar-refractivity contribution in [2.24, 2.45) is 0 Å². The van der Waals surface area contributed by atoms with E-state index in [1.54, 1.807) is 49.4 Å². The number of hydrogen-bond acceptors (Lipinski definition) is 4. The van der Waals surface area contributed by atoms with Gasteiger partial charge in [0.1, 0.15) is 6.54 Å². The Balaban J connectivity index is 2.01. The van der Waals surface area contributed by atoms with Gasteiger partial charge in [-0.05, 0) is 42.8 Å². The first kappa shape index (κ1) is 20.5. The standard InChI is InChI=1S/C21H21ClN4O3/c1-4-19(28)25(3)20-21(29)26(17-8-6-5-7-16(17)24-20)12-18(27)23-15-10-9-14(22)11-13(15)2/h5-11H,4,12H2,1-3H3,(H,23,27). The number of nitrogens with zero attached hydrogens (tertiary/aromatic N) is 3. The number of amides is 2. The lowest BCUT2D eigenvalue weighted by Gasteiger charge is -2.18. The Morgan fingerprint density at radius 2 is 1.93 bits per heavy atom.